The number of nitrogens with one attached hydrogen (secondary N) is 2. The van der Waals surface area contributed by atoms with Gasteiger partial charge >= 0.3 is 12.1 Å². The Morgan fingerprint density at radius 2 is 1.57 bits per heavy atom. The minimum absolute atomic E-state index is 0.0390. The van der Waals surface area contributed by atoms with Crippen molar-refractivity contribution in [1.29, 1.82) is 0 Å². The fraction of sp³-hybridized carbons (Fsp3) is 0.464. The van der Waals surface area contributed by atoms with E-state index in [0.717, 1.165) is 35.1 Å². The number of carbonyl (C=O) groups is 3. The Hall–Kier alpha value is -3.35. The first-order valence-corrected chi connectivity index (χ1v) is 12.4. The number of benzene rings is 2. The molecule has 0 spiro atoms. The van der Waals surface area contributed by atoms with Crippen LogP contribution in [0.4, 0.5) is 4.79 Å². The van der Waals surface area contributed by atoms with Crippen molar-refractivity contribution in [3.8, 4) is 11.1 Å². The Bertz CT molecular complexity index is 1030. The molecule has 186 valence electrons. The molecule has 0 aromatic heterocycles. The summed E-state index contributed by atoms with van der Waals surface area (Å²) in [6, 6.07) is 15.6. The van der Waals surface area contributed by atoms with Crippen LogP contribution in [0.25, 0.3) is 11.1 Å². The Labute approximate surface area is 206 Å². The van der Waals surface area contributed by atoms with Gasteiger partial charge in [-0.3, -0.25) is 9.59 Å². The molecule has 7 heteroatoms. The number of rotatable bonds is 10. The van der Waals surface area contributed by atoms with Crippen molar-refractivity contribution in [1.82, 2.24) is 10.6 Å². The molecule has 2 aromatic rings. The largest absolute Gasteiger partial charge is 0.481 e. The molecule has 4 rings (SSSR count). The summed E-state index contributed by atoms with van der Waals surface area (Å²) < 4.78 is 5.63. The fourth-order valence-corrected chi connectivity index (χ4v) is 5.31. The number of ether oxygens (including phenoxy) is 1. The molecule has 0 heterocycles. The molecule has 2 aliphatic rings. The van der Waals surface area contributed by atoms with Crippen LogP contribution in [-0.2, 0) is 14.3 Å². The van der Waals surface area contributed by atoms with Crippen LogP contribution < -0.4 is 10.6 Å². The van der Waals surface area contributed by atoms with Gasteiger partial charge in [-0.25, -0.2) is 4.79 Å². The van der Waals surface area contributed by atoms with Gasteiger partial charge in [0.25, 0.3) is 0 Å². The number of hydrogen-bond donors (Lipinski definition) is 3. The van der Waals surface area contributed by atoms with Gasteiger partial charge < -0.3 is 20.5 Å². The van der Waals surface area contributed by atoms with E-state index in [1.165, 1.54) is 0 Å². The quantitative estimate of drug-likeness (QED) is 0.464. The molecule has 0 bridgehead atoms. The second-order valence-electron chi connectivity index (χ2n) is 10.2. The van der Waals surface area contributed by atoms with Crippen LogP contribution in [0.5, 0.6) is 0 Å². The van der Waals surface area contributed by atoms with Gasteiger partial charge in [-0.1, -0.05) is 62.4 Å². The Morgan fingerprint density at radius 3 is 2.14 bits per heavy atom. The van der Waals surface area contributed by atoms with E-state index in [2.05, 4.69) is 34.9 Å². The maximum atomic E-state index is 12.8. The normalized spacial score (nSPS) is 19.3. The SMILES string of the molecule is CC(C)C[C@H](NC(=O)OCC1c2ccccc2-c2ccccc21)C(=O)NCC1CC(CC(=O)O)C1. The van der Waals surface area contributed by atoms with Gasteiger partial charge in [0.1, 0.15) is 12.6 Å². The summed E-state index contributed by atoms with van der Waals surface area (Å²) in [5, 5.41) is 14.6. The van der Waals surface area contributed by atoms with Gasteiger partial charge in [0.2, 0.25) is 5.91 Å². The molecule has 2 amide bonds. The number of aliphatic carboxylic acids is 1. The summed E-state index contributed by atoms with van der Waals surface area (Å²) in [7, 11) is 0. The van der Waals surface area contributed by atoms with Crippen LogP contribution in [0.1, 0.15) is 56.6 Å². The van der Waals surface area contributed by atoms with E-state index in [0.29, 0.717) is 13.0 Å². The summed E-state index contributed by atoms with van der Waals surface area (Å²) in [6.07, 6.45) is 1.70. The van der Waals surface area contributed by atoms with Crippen molar-refractivity contribution in [3.05, 3.63) is 59.7 Å². The van der Waals surface area contributed by atoms with Gasteiger partial charge in [0, 0.05) is 18.9 Å². The maximum absolute atomic E-state index is 12.8. The molecular weight excluding hydrogens is 444 g/mol. The highest BCUT2D eigenvalue weighted by atomic mass is 16.5. The first kappa shape index (κ1) is 24.8. The topological polar surface area (TPSA) is 105 Å². The van der Waals surface area contributed by atoms with Crippen molar-refractivity contribution in [2.45, 2.75) is 51.5 Å². The Kier molecular flexibility index (Phi) is 7.73. The number of fused-ring (bicyclic) bond motifs is 3. The second kappa shape index (κ2) is 10.9. The maximum Gasteiger partial charge on any atom is 0.407 e. The zero-order chi connectivity index (χ0) is 24.9. The number of carboxylic acids is 1. The third-order valence-corrected chi connectivity index (χ3v) is 7.02. The van der Waals surface area contributed by atoms with Crippen LogP contribution >= 0.6 is 0 Å². The zero-order valence-corrected chi connectivity index (χ0v) is 20.3. The average Bonchev–Trinajstić information content (AvgIpc) is 3.11. The van der Waals surface area contributed by atoms with Crippen molar-refractivity contribution in [3.63, 3.8) is 0 Å². The summed E-state index contributed by atoms with van der Waals surface area (Å²) in [6.45, 7) is 4.70. The average molecular weight is 479 g/mol. The number of carbonyl (C=O) groups excluding carboxylic acids is 2. The third kappa shape index (κ3) is 6.02. The molecule has 1 atom stereocenters. The lowest BCUT2D eigenvalue weighted by Gasteiger charge is -2.34. The molecule has 2 aliphatic carbocycles. The van der Waals surface area contributed by atoms with Gasteiger partial charge in [-0.2, -0.15) is 0 Å². The number of amides is 2. The van der Waals surface area contributed by atoms with Crippen LogP contribution in [0.2, 0.25) is 0 Å². The van der Waals surface area contributed by atoms with E-state index < -0.39 is 18.1 Å². The lowest BCUT2D eigenvalue weighted by Crippen LogP contribution is -2.49. The first-order chi connectivity index (χ1) is 16.8. The minimum Gasteiger partial charge on any atom is -0.481 e. The summed E-state index contributed by atoms with van der Waals surface area (Å²) in [4.78, 5) is 36.3. The summed E-state index contributed by atoms with van der Waals surface area (Å²) >= 11 is 0. The van der Waals surface area contributed by atoms with Gasteiger partial charge in [-0.15, -0.1) is 0 Å². The Morgan fingerprint density at radius 1 is 0.971 bits per heavy atom. The van der Waals surface area contributed by atoms with E-state index >= 15 is 0 Å². The fourth-order valence-electron chi connectivity index (χ4n) is 5.31. The van der Waals surface area contributed by atoms with Crippen LogP contribution in [-0.4, -0.2) is 42.3 Å². The van der Waals surface area contributed by atoms with E-state index in [1.54, 1.807) is 0 Å². The summed E-state index contributed by atoms with van der Waals surface area (Å²) in [5.74, 6) is -0.348. The lowest BCUT2D eigenvalue weighted by molar-refractivity contribution is -0.139. The summed E-state index contributed by atoms with van der Waals surface area (Å²) in [5.41, 5.74) is 4.60. The molecule has 0 unspecified atom stereocenters. The molecule has 35 heavy (non-hydrogen) atoms. The molecule has 3 N–H and O–H groups in total. The third-order valence-electron chi connectivity index (χ3n) is 7.02. The van der Waals surface area contributed by atoms with E-state index in [4.69, 9.17) is 9.84 Å². The first-order valence-electron chi connectivity index (χ1n) is 12.4. The Balaban J connectivity index is 1.30. The van der Waals surface area contributed by atoms with E-state index in [1.807, 2.05) is 38.1 Å². The highest BCUT2D eigenvalue weighted by molar-refractivity contribution is 5.85. The van der Waals surface area contributed by atoms with Gasteiger partial charge in [0.05, 0.1) is 0 Å². The van der Waals surface area contributed by atoms with Crippen molar-refractivity contribution in [2.24, 2.45) is 17.8 Å². The zero-order valence-electron chi connectivity index (χ0n) is 20.3. The lowest BCUT2D eigenvalue weighted by atomic mass is 9.73. The standard InChI is InChI=1S/C28H34N2O5/c1-17(2)11-25(27(33)29-15-19-12-18(13-19)14-26(31)32)30-28(34)35-16-24-22-9-5-3-7-20(22)21-8-4-6-10-23(21)24/h3-10,17-19,24-25H,11-16H2,1-2H3,(H,29,33)(H,30,34)(H,31,32)/t18?,19?,25-/m0/s1. The molecule has 2 aromatic carbocycles. The predicted molar refractivity (Wildman–Crippen MR) is 133 cm³/mol. The highest BCUT2D eigenvalue weighted by Crippen LogP contribution is 2.44. The van der Waals surface area contributed by atoms with Crippen LogP contribution in [0, 0.1) is 17.8 Å². The molecule has 0 aliphatic heterocycles. The molecule has 1 saturated carbocycles. The van der Waals surface area contributed by atoms with Gasteiger partial charge in [-0.05, 0) is 59.3 Å². The van der Waals surface area contributed by atoms with Gasteiger partial charge in [0.15, 0.2) is 0 Å². The smallest absolute Gasteiger partial charge is 0.407 e. The second-order valence-corrected chi connectivity index (χ2v) is 10.2. The number of carboxylic acid groups (broad SMARTS) is 1. The van der Waals surface area contributed by atoms with Crippen molar-refractivity contribution >= 4 is 18.0 Å². The van der Waals surface area contributed by atoms with E-state index in [-0.39, 0.29) is 42.6 Å². The molecule has 0 radical (unpaired) electrons. The number of alkyl carbamates (subject to hydrolysis) is 1. The molecule has 1 fully saturated rings. The van der Waals surface area contributed by atoms with E-state index in [9.17, 15) is 14.4 Å². The van der Waals surface area contributed by atoms with Crippen LogP contribution in [0.3, 0.4) is 0 Å². The predicted octanol–water partition coefficient (Wildman–Crippen LogP) is 4.56. The van der Waals surface area contributed by atoms with Crippen molar-refractivity contribution < 1.29 is 24.2 Å². The minimum atomic E-state index is -0.776. The van der Waals surface area contributed by atoms with Crippen LogP contribution in [0.15, 0.2) is 48.5 Å². The molecular formula is C28H34N2O5. The number of hydrogen-bond acceptors (Lipinski definition) is 4. The molecule has 7 nitrogen and oxygen atoms in total. The highest BCUT2D eigenvalue weighted by Gasteiger charge is 2.32. The van der Waals surface area contributed by atoms with Crippen molar-refractivity contribution in [2.75, 3.05) is 13.2 Å². The molecule has 0 saturated heterocycles. The monoisotopic (exact) mass is 478 g/mol.